The van der Waals surface area contributed by atoms with E-state index in [1.165, 1.54) is 0 Å². The second kappa shape index (κ2) is 5.56. The lowest BCUT2D eigenvalue weighted by atomic mass is 10.2. The monoisotopic (exact) mass is 295 g/mol. The van der Waals surface area contributed by atoms with Crippen LogP contribution in [0.5, 0.6) is 0 Å². The standard InChI is InChI=1S/C13H17N3OS2/c1-8(2)15-13-16-9(7-18-13)11-6-14-12(19-11)10-4-3-5-17-10/h6-8,10H,3-5H2,1-2H3,(H,15,16). The van der Waals surface area contributed by atoms with E-state index in [1.807, 2.05) is 6.20 Å². The van der Waals surface area contributed by atoms with Gasteiger partial charge >= 0.3 is 0 Å². The van der Waals surface area contributed by atoms with E-state index in [9.17, 15) is 0 Å². The van der Waals surface area contributed by atoms with Crippen molar-refractivity contribution in [3.8, 4) is 10.6 Å². The van der Waals surface area contributed by atoms with E-state index >= 15 is 0 Å². The number of thiazole rings is 2. The average Bonchev–Trinajstić information content (AvgIpc) is 3.09. The van der Waals surface area contributed by atoms with E-state index in [4.69, 9.17) is 4.74 Å². The van der Waals surface area contributed by atoms with Crippen molar-refractivity contribution in [2.24, 2.45) is 0 Å². The number of aromatic nitrogens is 2. The molecule has 19 heavy (non-hydrogen) atoms. The molecule has 0 amide bonds. The Morgan fingerprint density at radius 2 is 2.37 bits per heavy atom. The van der Waals surface area contributed by atoms with E-state index in [-0.39, 0.29) is 6.10 Å². The lowest BCUT2D eigenvalue weighted by Crippen LogP contribution is -2.08. The van der Waals surface area contributed by atoms with Crippen molar-refractivity contribution < 1.29 is 4.74 Å². The summed E-state index contributed by atoms with van der Waals surface area (Å²) in [6.07, 6.45) is 4.34. The fourth-order valence-corrected chi connectivity index (χ4v) is 3.92. The van der Waals surface area contributed by atoms with Gasteiger partial charge in [0.1, 0.15) is 11.1 Å². The summed E-state index contributed by atoms with van der Waals surface area (Å²) in [5.41, 5.74) is 1.01. The number of hydrogen-bond acceptors (Lipinski definition) is 6. The van der Waals surface area contributed by atoms with Crippen LogP contribution in [0.15, 0.2) is 11.6 Å². The molecule has 1 fully saturated rings. The van der Waals surface area contributed by atoms with E-state index in [0.29, 0.717) is 6.04 Å². The highest BCUT2D eigenvalue weighted by atomic mass is 32.1. The van der Waals surface area contributed by atoms with Gasteiger partial charge in [-0.05, 0) is 26.7 Å². The Bertz CT molecular complexity index is 544. The predicted octanol–water partition coefficient (Wildman–Crippen LogP) is 3.94. The van der Waals surface area contributed by atoms with Crippen LogP contribution in [0.4, 0.5) is 5.13 Å². The molecule has 6 heteroatoms. The molecule has 0 saturated carbocycles. The van der Waals surface area contributed by atoms with Crippen LogP contribution < -0.4 is 5.32 Å². The molecule has 1 saturated heterocycles. The van der Waals surface area contributed by atoms with Crippen LogP contribution in [0.3, 0.4) is 0 Å². The third-order valence-electron chi connectivity index (χ3n) is 2.90. The maximum absolute atomic E-state index is 5.66. The van der Waals surface area contributed by atoms with Gasteiger partial charge < -0.3 is 10.1 Å². The Kier molecular flexibility index (Phi) is 3.81. The molecule has 0 bridgehead atoms. The number of hydrogen-bond donors (Lipinski definition) is 1. The summed E-state index contributed by atoms with van der Waals surface area (Å²) >= 11 is 3.34. The summed E-state index contributed by atoms with van der Waals surface area (Å²) in [6.45, 7) is 5.09. The van der Waals surface area contributed by atoms with Gasteiger partial charge in [-0.1, -0.05) is 0 Å². The zero-order valence-electron chi connectivity index (χ0n) is 11.0. The number of ether oxygens (including phenoxy) is 1. The van der Waals surface area contributed by atoms with Gasteiger partial charge in [0.2, 0.25) is 0 Å². The minimum Gasteiger partial charge on any atom is -0.371 e. The summed E-state index contributed by atoms with van der Waals surface area (Å²) < 4.78 is 5.66. The normalized spacial score (nSPS) is 19.2. The molecule has 3 heterocycles. The van der Waals surface area contributed by atoms with E-state index in [0.717, 1.165) is 40.2 Å². The van der Waals surface area contributed by atoms with Gasteiger partial charge in [-0.25, -0.2) is 9.97 Å². The molecular formula is C13H17N3OS2. The van der Waals surface area contributed by atoms with Gasteiger partial charge in [-0.3, -0.25) is 0 Å². The van der Waals surface area contributed by atoms with Crippen molar-refractivity contribution in [3.05, 3.63) is 16.6 Å². The van der Waals surface area contributed by atoms with Crippen LogP contribution in [0.25, 0.3) is 10.6 Å². The fraction of sp³-hybridized carbons (Fsp3) is 0.538. The van der Waals surface area contributed by atoms with Crippen LogP contribution in [0.2, 0.25) is 0 Å². The van der Waals surface area contributed by atoms with Gasteiger partial charge in [-0.15, -0.1) is 22.7 Å². The summed E-state index contributed by atoms with van der Waals surface area (Å²) in [4.78, 5) is 10.2. The van der Waals surface area contributed by atoms with E-state index in [1.54, 1.807) is 22.7 Å². The Hall–Kier alpha value is -0.980. The van der Waals surface area contributed by atoms with Crippen molar-refractivity contribution in [3.63, 3.8) is 0 Å². The molecule has 1 atom stereocenters. The first kappa shape index (κ1) is 13.0. The molecular weight excluding hydrogens is 278 g/mol. The van der Waals surface area contributed by atoms with Gasteiger partial charge in [-0.2, -0.15) is 0 Å². The Morgan fingerprint density at radius 3 is 3.11 bits per heavy atom. The van der Waals surface area contributed by atoms with Crippen LogP contribution in [-0.4, -0.2) is 22.6 Å². The second-order valence-corrected chi connectivity index (χ2v) is 6.82. The van der Waals surface area contributed by atoms with Gasteiger partial charge in [0.25, 0.3) is 0 Å². The Morgan fingerprint density at radius 1 is 1.47 bits per heavy atom. The van der Waals surface area contributed by atoms with E-state index < -0.39 is 0 Å². The van der Waals surface area contributed by atoms with Crippen molar-refractivity contribution in [2.75, 3.05) is 11.9 Å². The minimum absolute atomic E-state index is 0.200. The third-order valence-corrected chi connectivity index (χ3v) is 4.78. The molecule has 2 aromatic rings. The molecule has 0 spiro atoms. The number of nitrogens with zero attached hydrogens (tertiary/aromatic N) is 2. The van der Waals surface area contributed by atoms with Crippen molar-refractivity contribution in [1.82, 2.24) is 9.97 Å². The van der Waals surface area contributed by atoms with Crippen molar-refractivity contribution >= 4 is 27.8 Å². The van der Waals surface area contributed by atoms with Gasteiger partial charge in [0, 0.05) is 24.2 Å². The maximum Gasteiger partial charge on any atom is 0.183 e. The van der Waals surface area contributed by atoms with E-state index in [2.05, 4.69) is 34.5 Å². The lowest BCUT2D eigenvalue weighted by molar-refractivity contribution is 0.111. The molecule has 3 rings (SSSR count). The Balaban J connectivity index is 1.76. The van der Waals surface area contributed by atoms with Crippen molar-refractivity contribution in [1.29, 1.82) is 0 Å². The number of nitrogens with one attached hydrogen (secondary N) is 1. The van der Waals surface area contributed by atoms with Crippen LogP contribution >= 0.6 is 22.7 Å². The highest BCUT2D eigenvalue weighted by Crippen LogP contribution is 2.36. The van der Waals surface area contributed by atoms with Crippen LogP contribution in [-0.2, 0) is 4.74 Å². The average molecular weight is 295 g/mol. The van der Waals surface area contributed by atoms with Crippen molar-refractivity contribution in [2.45, 2.75) is 38.8 Å². The highest BCUT2D eigenvalue weighted by molar-refractivity contribution is 7.16. The summed E-state index contributed by atoms with van der Waals surface area (Å²) in [5.74, 6) is 0. The molecule has 2 aromatic heterocycles. The molecule has 102 valence electrons. The van der Waals surface area contributed by atoms with Crippen LogP contribution in [0, 0.1) is 0 Å². The second-order valence-electron chi connectivity index (χ2n) is 4.90. The smallest absolute Gasteiger partial charge is 0.183 e. The number of anilines is 1. The zero-order valence-corrected chi connectivity index (χ0v) is 12.7. The van der Waals surface area contributed by atoms with Gasteiger partial charge in [0.15, 0.2) is 5.13 Å². The molecule has 1 N–H and O–H groups in total. The first-order chi connectivity index (χ1) is 9.22. The highest BCUT2D eigenvalue weighted by Gasteiger charge is 2.21. The summed E-state index contributed by atoms with van der Waals surface area (Å²) in [7, 11) is 0. The fourth-order valence-electron chi connectivity index (χ4n) is 2.03. The molecule has 0 aromatic carbocycles. The topological polar surface area (TPSA) is 47.0 Å². The molecule has 1 aliphatic heterocycles. The number of rotatable bonds is 4. The summed E-state index contributed by atoms with van der Waals surface area (Å²) in [6, 6.07) is 0.405. The first-order valence-corrected chi connectivity index (χ1v) is 8.22. The predicted molar refractivity (Wildman–Crippen MR) is 79.9 cm³/mol. The zero-order chi connectivity index (χ0) is 13.2. The van der Waals surface area contributed by atoms with Gasteiger partial charge in [0.05, 0.1) is 10.6 Å². The molecule has 1 unspecified atom stereocenters. The largest absolute Gasteiger partial charge is 0.371 e. The molecule has 4 nitrogen and oxygen atoms in total. The third kappa shape index (κ3) is 2.96. The Labute approximate surface area is 120 Å². The lowest BCUT2D eigenvalue weighted by Gasteiger charge is -2.04. The molecule has 0 radical (unpaired) electrons. The first-order valence-electron chi connectivity index (χ1n) is 6.52. The minimum atomic E-state index is 0.200. The van der Waals surface area contributed by atoms with Crippen LogP contribution in [0.1, 0.15) is 37.8 Å². The maximum atomic E-state index is 5.66. The SMILES string of the molecule is CC(C)Nc1nc(-c2cnc(C3CCCO3)s2)cs1. The quantitative estimate of drug-likeness (QED) is 0.928. The molecule has 0 aliphatic carbocycles. The summed E-state index contributed by atoms with van der Waals surface area (Å²) in [5, 5.41) is 7.46. The molecule has 1 aliphatic rings.